The number of benzene rings is 2. The summed E-state index contributed by atoms with van der Waals surface area (Å²) >= 11 is 3.14. The molecule has 1 N–H and O–H groups in total. The highest BCUT2D eigenvalue weighted by Gasteiger charge is 2.01. The molecule has 0 unspecified atom stereocenters. The molecule has 0 saturated carbocycles. The van der Waals surface area contributed by atoms with E-state index in [1.807, 2.05) is 30.3 Å². The van der Waals surface area contributed by atoms with E-state index >= 15 is 0 Å². The van der Waals surface area contributed by atoms with E-state index in [1.165, 1.54) is 6.07 Å². The van der Waals surface area contributed by atoms with Crippen LogP contribution in [0.3, 0.4) is 0 Å². The minimum Gasteiger partial charge on any atom is -0.497 e. The van der Waals surface area contributed by atoms with Gasteiger partial charge in [0, 0.05) is 13.1 Å². The molecule has 0 aliphatic heterocycles. The van der Waals surface area contributed by atoms with Crippen LogP contribution in [0.25, 0.3) is 0 Å². The lowest BCUT2D eigenvalue weighted by molar-refractivity contribution is 0.414. The molecule has 0 aliphatic rings. The van der Waals surface area contributed by atoms with Gasteiger partial charge in [-0.3, -0.25) is 0 Å². The van der Waals surface area contributed by atoms with Gasteiger partial charge in [0.1, 0.15) is 11.6 Å². The standard InChI is InChI=1S/C15H15BrFNO/c1-19-13-4-2-3-11(7-13)9-18-10-12-5-6-14(16)15(17)8-12/h2-8,18H,9-10H2,1H3. The maximum atomic E-state index is 13.3. The Hall–Kier alpha value is -1.39. The zero-order chi connectivity index (χ0) is 13.7. The fourth-order valence-electron chi connectivity index (χ4n) is 1.78. The molecule has 19 heavy (non-hydrogen) atoms. The fourth-order valence-corrected chi connectivity index (χ4v) is 2.03. The number of nitrogens with one attached hydrogen (secondary N) is 1. The predicted octanol–water partition coefficient (Wildman–Crippen LogP) is 3.89. The average Bonchev–Trinajstić information content (AvgIpc) is 2.43. The van der Waals surface area contributed by atoms with Crippen molar-refractivity contribution in [3.63, 3.8) is 0 Å². The zero-order valence-corrected chi connectivity index (χ0v) is 12.2. The van der Waals surface area contributed by atoms with Crippen LogP contribution in [0, 0.1) is 5.82 Å². The van der Waals surface area contributed by atoms with Crippen LogP contribution in [0.4, 0.5) is 4.39 Å². The second-order valence-electron chi connectivity index (χ2n) is 4.20. The van der Waals surface area contributed by atoms with Crippen molar-refractivity contribution in [1.82, 2.24) is 5.32 Å². The first kappa shape index (κ1) is 14.0. The molecule has 0 bridgehead atoms. The van der Waals surface area contributed by atoms with Crippen LogP contribution in [-0.4, -0.2) is 7.11 Å². The van der Waals surface area contributed by atoms with Crippen LogP contribution < -0.4 is 10.1 Å². The first-order chi connectivity index (χ1) is 9.19. The van der Waals surface area contributed by atoms with Crippen molar-refractivity contribution in [3.8, 4) is 5.75 Å². The number of hydrogen-bond donors (Lipinski definition) is 1. The number of methoxy groups -OCH3 is 1. The molecular formula is C15H15BrFNO. The summed E-state index contributed by atoms with van der Waals surface area (Å²) in [6, 6.07) is 13.0. The fraction of sp³-hybridized carbons (Fsp3) is 0.200. The first-order valence-corrected chi connectivity index (χ1v) is 6.76. The number of rotatable bonds is 5. The van der Waals surface area contributed by atoms with Crippen LogP contribution in [-0.2, 0) is 13.1 Å². The van der Waals surface area contributed by atoms with Gasteiger partial charge in [0.05, 0.1) is 11.6 Å². The number of halogens is 2. The van der Waals surface area contributed by atoms with Gasteiger partial charge in [0.15, 0.2) is 0 Å². The predicted molar refractivity (Wildman–Crippen MR) is 77.6 cm³/mol. The van der Waals surface area contributed by atoms with E-state index in [9.17, 15) is 4.39 Å². The molecular weight excluding hydrogens is 309 g/mol. The van der Waals surface area contributed by atoms with Crippen LogP contribution in [0.15, 0.2) is 46.9 Å². The monoisotopic (exact) mass is 323 g/mol. The molecule has 0 atom stereocenters. The van der Waals surface area contributed by atoms with Crippen LogP contribution in [0.5, 0.6) is 5.75 Å². The van der Waals surface area contributed by atoms with Gasteiger partial charge in [-0.1, -0.05) is 18.2 Å². The number of ether oxygens (including phenoxy) is 1. The van der Waals surface area contributed by atoms with Crippen molar-refractivity contribution >= 4 is 15.9 Å². The smallest absolute Gasteiger partial charge is 0.137 e. The highest BCUT2D eigenvalue weighted by Crippen LogP contribution is 2.16. The summed E-state index contributed by atoms with van der Waals surface area (Å²) in [6.45, 7) is 1.34. The molecule has 0 spiro atoms. The van der Waals surface area contributed by atoms with Crippen LogP contribution >= 0.6 is 15.9 Å². The summed E-state index contributed by atoms with van der Waals surface area (Å²) in [5, 5.41) is 3.28. The van der Waals surface area contributed by atoms with Gasteiger partial charge in [-0.2, -0.15) is 0 Å². The molecule has 0 heterocycles. The topological polar surface area (TPSA) is 21.3 Å². The second kappa shape index (κ2) is 6.68. The third kappa shape index (κ3) is 4.04. The summed E-state index contributed by atoms with van der Waals surface area (Å²) in [7, 11) is 1.65. The van der Waals surface area contributed by atoms with Gasteiger partial charge < -0.3 is 10.1 Å². The lowest BCUT2D eigenvalue weighted by atomic mass is 10.2. The summed E-state index contributed by atoms with van der Waals surface area (Å²) in [6.07, 6.45) is 0. The minimum absolute atomic E-state index is 0.235. The quantitative estimate of drug-likeness (QED) is 0.901. The SMILES string of the molecule is COc1cccc(CNCc2ccc(Br)c(F)c2)c1. The van der Waals surface area contributed by atoms with Gasteiger partial charge in [-0.05, 0) is 51.3 Å². The van der Waals surface area contributed by atoms with Crippen LogP contribution in [0.1, 0.15) is 11.1 Å². The normalized spacial score (nSPS) is 10.5. The van der Waals surface area contributed by atoms with Crippen LogP contribution in [0.2, 0.25) is 0 Å². The highest BCUT2D eigenvalue weighted by molar-refractivity contribution is 9.10. The summed E-state index contributed by atoms with van der Waals surface area (Å²) in [4.78, 5) is 0. The Labute approximate surface area is 120 Å². The van der Waals surface area contributed by atoms with E-state index in [1.54, 1.807) is 13.2 Å². The number of hydrogen-bond acceptors (Lipinski definition) is 2. The van der Waals surface area contributed by atoms with E-state index in [0.29, 0.717) is 11.0 Å². The molecule has 2 nitrogen and oxygen atoms in total. The van der Waals surface area contributed by atoms with Gasteiger partial charge in [-0.25, -0.2) is 4.39 Å². The first-order valence-electron chi connectivity index (χ1n) is 5.96. The molecule has 0 fully saturated rings. The Morgan fingerprint density at radius 2 is 1.84 bits per heavy atom. The zero-order valence-electron chi connectivity index (χ0n) is 10.6. The maximum absolute atomic E-state index is 13.3. The average molecular weight is 324 g/mol. The van der Waals surface area contributed by atoms with Crippen molar-refractivity contribution in [3.05, 3.63) is 63.9 Å². The van der Waals surface area contributed by atoms with Gasteiger partial charge in [0.2, 0.25) is 0 Å². The Kier molecular flexibility index (Phi) is 4.93. The largest absolute Gasteiger partial charge is 0.497 e. The van der Waals surface area contributed by atoms with Gasteiger partial charge in [-0.15, -0.1) is 0 Å². The molecule has 0 aliphatic carbocycles. The molecule has 0 aromatic heterocycles. The Balaban J connectivity index is 1.90. The lowest BCUT2D eigenvalue weighted by Gasteiger charge is -2.07. The van der Waals surface area contributed by atoms with E-state index in [0.717, 1.165) is 23.4 Å². The summed E-state index contributed by atoms with van der Waals surface area (Å²) < 4.78 is 19.0. The van der Waals surface area contributed by atoms with E-state index in [2.05, 4.69) is 21.2 Å². The maximum Gasteiger partial charge on any atom is 0.137 e. The van der Waals surface area contributed by atoms with Crippen molar-refractivity contribution < 1.29 is 9.13 Å². The molecule has 2 rings (SSSR count). The third-order valence-electron chi connectivity index (χ3n) is 2.78. The molecule has 4 heteroatoms. The summed E-state index contributed by atoms with van der Waals surface area (Å²) in [5.74, 6) is 0.606. The lowest BCUT2D eigenvalue weighted by Crippen LogP contribution is -2.12. The summed E-state index contributed by atoms with van der Waals surface area (Å²) in [5.41, 5.74) is 2.06. The van der Waals surface area contributed by atoms with E-state index < -0.39 is 0 Å². The minimum atomic E-state index is -0.235. The van der Waals surface area contributed by atoms with Crippen molar-refractivity contribution in [2.45, 2.75) is 13.1 Å². The Bertz CT molecular complexity index is 560. The van der Waals surface area contributed by atoms with Crippen molar-refractivity contribution in [2.75, 3.05) is 7.11 Å². The molecule has 2 aromatic rings. The van der Waals surface area contributed by atoms with Gasteiger partial charge >= 0.3 is 0 Å². The highest BCUT2D eigenvalue weighted by atomic mass is 79.9. The molecule has 2 aromatic carbocycles. The third-order valence-corrected chi connectivity index (χ3v) is 3.42. The second-order valence-corrected chi connectivity index (χ2v) is 5.06. The van der Waals surface area contributed by atoms with E-state index in [4.69, 9.17) is 4.74 Å². The van der Waals surface area contributed by atoms with Crippen molar-refractivity contribution in [2.24, 2.45) is 0 Å². The van der Waals surface area contributed by atoms with Gasteiger partial charge in [0.25, 0.3) is 0 Å². The molecule has 0 amide bonds. The van der Waals surface area contributed by atoms with Crippen molar-refractivity contribution in [1.29, 1.82) is 0 Å². The molecule has 0 radical (unpaired) electrons. The molecule has 100 valence electrons. The Morgan fingerprint density at radius 3 is 2.53 bits per heavy atom. The molecule has 0 saturated heterocycles. The Morgan fingerprint density at radius 1 is 1.11 bits per heavy atom. The van der Waals surface area contributed by atoms with E-state index in [-0.39, 0.29) is 5.82 Å².